The molecule has 0 bridgehead atoms. The summed E-state index contributed by atoms with van der Waals surface area (Å²) in [7, 11) is 1.59. The van der Waals surface area contributed by atoms with Gasteiger partial charge in [-0.2, -0.15) is 17.7 Å². The second kappa shape index (κ2) is 8.81. The zero-order valence-corrected chi connectivity index (χ0v) is 10.8. The summed E-state index contributed by atoms with van der Waals surface area (Å²) in [5.74, 6) is 0.720. The molecule has 0 saturated heterocycles. The van der Waals surface area contributed by atoms with Gasteiger partial charge >= 0.3 is 23.1 Å². The van der Waals surface area contributed by atoms with Gasteiger partial charge in [0.05, 0.1) is 0 Å². The molecule has 0 heterocycles. The van der Waals surface area contributed by atoms with E-state index >= 15 is 0 Å². The molecule has 68 valence electrons. The van der Waals surface area contributed by atoms with E-state index in [0.29, 0.717) is 0 Å². The van der Waals surface area contributed by atoms with Crippen LogP contribution in [0.3, 0.4) is 0 Å². The van der Waals surface area contributed by atoms with Crippen molar-refractivity contribution in [2.45, 2.75) is 6.92 Å². The Bertz CT molecular complexity index is 213. The summed E-state index contributed by atoms with van der Waals surface area (Å²) in [5, 5.41) is 0. The van der Waals surface area contributed by atoms with Gasteiger partial charge in [-0.3, -0.25) is 0 Å². The second-order valence-electron chi connectivity index (χ2n) is 2.28. The Morgan fingerprint density at radius 3 is 2.54 bits per heavy atom. The summed E-state index contributed by atoms with van der Waals surface area (Å²) in [4.78, 5) is 0. The van der Waals surface area contributed by atoms with Crippen LogP contribution in [0.2, 0.25) is 0 Å². The van der Waals surface area contributed by atoms with Gasteiger partial charge in [0.25, 0.3) is 0 Å². The van der Waals surface area contributed by atoms with Crippen LogP contribution in [0.1, 0.15) is 5.56 Å². The van der Waals surface area contributed by atoms with Crippen LogP contribution in [0.5, 0.6) is 5.75 Å². The molecule has 1 rings (SSSR count). The van der Waals surface area contributed by atoms with Gasteiger partial charge in [-0.1, -0.05) is 6.92 Å². The van der Waals surface area contributed by atoms with Crippen LogP contribution in [0, 0.1) is 13.0 Å². The standard InChI is InChI=1S/C9H11O2.BrH.Mg/c1-8-3-5-9(6-4-8)11-7-10-2;;/h3-5H,7H2,1-2H3;1H;/q-1;;+2/p-1. The van der Waals surface area contributed by atoms with Crippen molar-refractivity contribution in [2.24, 2.45) is 0 Å². The van der Waals surface area contributed by atoms with Crippen LogP contribution in [-0.4, -0.2) is 37.0 Å². The Hall–Kier alpha value is 0.226. The Morgan fingerprint density at radius 2 is 2.08 bits per heavy atom. The van der Waals surface area contributed by atoms with Crippen molar-refractivity contribution < 1.29 is 26.5 Å². The number of hydrogen-bond donors (Lipinski definition) is 0. The van der Waals surface area contributed by atoms with Gasteiger partial charge in [-0.05, 0) is 0 Å². The summed E-state index contributed by atoms with van der Waals surface area (Å²) in [6.07, 6.45) is 0. The molecule has 0 radical (unpaired) electrons. The molecule has 0 unspecified atom stereocenters. The zero-order chi connectivity index (χ0) is 8.10. The molecule has 1 aromatic carbocycles. The predicted molar refractivity (Wildman–Crippen MR) is 48.3 cm³/mol. The van der Waals surface area contributed by atoms with E-state index in [9.17, 15) is 0 Å². The van der Waals surface area contributed by atoms with E-state index in [1.165, 1.54) is 5.56 Å². The van der Waals surface area contributed by atoms with E-state index in [2.05, 4.69) is 6.07 Å². The van der Waals surface area contributed by atoms with Crippen LogP contribution in [0.4, 0.5) is 0 Å². The van der Waals surface area contributed by atoms with Crippen molar-refractivity contribution in [3.8, 4) is 5.75 Å². The van der Waals surface area contributed by atoms with Gasteiger partial charge < -0.3 is 26.5 Å². The molecule has 0 amide bonds. The molecule has 0 saturated carbocycles. The first-order valence-corrected chi connectivity index (χ1v) is 3.43. The smallest absolute Gasteiger partial charge is 1.00 e. The first-order chi connectivity index (χ1) is 5.33. The van der Waals surface area contributed by atoms with Gasteiger partial charge in [-0.25, -0.2) is 0 Å². The van der Waals surface area contributed by atoms with Crippen LogP contribution in [-0.2, 0) is 4.74 Å². The number of benzene rings is 1. The molecule has 2 nitrogen and oxygen atoms in total. The van der Waals surface area contributed by atoms with E-state index in [4.69, 9.17) is 9.47 Å². The molecule has 13 heavy (non-hydrogen) atoms. The van der Waals surface area contributed by atoms with Gasteiger partial charge in [0.15, 0.2) is 6.79 Å². The van der Waals surface area contributed by atoms with Crippen molar-refractivity contribution in [1.29, 1.82) is 0 Å². The van der Waals surface area contributed by atoms with Gasteiger partial charge in [-0.15, -0.1) is 12.1 Å². The van der Waals surface area contributed by atoms with Crippen molar-refractivity contribution in [2.75, 3.05) is 13.9 Å². The van der Waals surface area contributed by atoms with Crippen LogP contribution >= 0.6 is 0 Å². The van der Waals surface area contributed by atoms with E-state index in [1.807, 2.05) is 25.1 Å². The summed E-state index contributed by atoms with van der Waals surface area (Å²) in [6.45, 7) is 2.29. The van der Waals surface area contributed by atoms with E-state index in [1.54, 1.807) is 7.11 Å². The monoisotopic (exact) mass is 254 g/mol. The maximum atomic E-state index is 5.13. The SMILES string of the molecule is COCOc1[c-]cc(C)cc1.[Br-].[Mg+2]. The van der Waals surface area contributed by atoms with Crippen molar-refractivity contribution in [3.63, 3.8) is 0 Å². The Morgan fingerprint density at radius 1 is 1.38 bits per heavy atom. The molecule has 0 N–H and O–H groups in total. The molecule has 0 aromatic heterocycles. The molecular weight excluding hydrogens is 244 g/mol. The second-order valence-corrected chi connectivity index (χ2v) is 2.28. The van der Waals surface area contributed by atoms with Crippen molar-refractivity contribution >= 4 is 23.1 Å². The van der Waals surface area contributed by atoms with E-state index in [0.717, 1.165) is 5.75 Å². The number of rotatable bonds is 3. The van der Waals surface area contributed by atoms with Gasteiger partial charge in [0.2, 0.25) is 0 Å². The third-order valence-electron chi connectivity index (χ3n) is 1.27. The zero-order valence-electron chi connectivity index (χ0n) is 7.84. The molecule has 0 fully saturated rings. The quantitative estimate of drug-likeness (QED) is 0.368. The molecule has 4 heteroatoms. The Labute approximate surface area is 106 Å². The van der Waals surface area contributed by atoms with Crippen LogP contribution < -0.4 is 21.7 Å². The largest absolute Gasteiger partial charge is 2.00 e. The normalized spacial score (nSPS) is 8.15. The fraction of sp³-hybridized carbons (Fsp3) is 0.333. The number of aryl methyl sites for hydroxylation is 1. The minimum absolute atomic E-state index is 0. The van der Waals surface area contributed by atoms with E-state index < -0.39 is 0 Å². The molecule has 0 aliphatic heterocycles. The molecule has 0 atom stereocenters. The fourth-order valence-electron chi connectivity index (χ4n) is 0.701. The summed E-state index contributed by atoms with van der Waals surface area (Å²) in [6, 6.07) is 8.69. The predicted octanol–water partition coefficient (Wildman–Crippen LogP) is -1.60. The number of methoxy groups -OCH3 is 1. The number of ether oxygens (including phenoxy) is 2. The molecular formula is C9H11BrMgO2. The average molecular weight is 255 g/mol. The number of hydrogen-bond acceptors (Lipinski definition) is 2. The average Bonchev–Trinajstić information content (AvgIpc) is 2.04. The molecule has 0 spiro atoms. The molecule has 0 aliphatic carbocycles. The Kier molecular flexibility index (Phi) is 10.6. The first-order valence-electron chi connectivity index (χ1n) is 3.43. The summed E-state index contributed by atoms with van der Waals surface area (Å²) >= 11 is 0. The van der Waals surface area contributed by atoms with Crippen LogP contribution in [0.25, 0.3) is 0 Å². The number of halogens is 1. The summed E-state index contributed by atoms with van der Waals surface area (Å²) < 4.78 is 9.87. The van der Waals surface area contributed by atoms with Gasteiger partial charge in [0, 0.05) is 12.9 Å². The molecule has 0 aliphatic rings. The minimum Gasteiger partial charge on any atom is -1.00 e. The van der Waals surface area contributed by atoms with Crippen molar-refractivity contribution in [3.05, 3.63) is 29.8 Å². The van der Waals surface area contributed by atoms with Gasteiger partial charge in [0.1, 0.15) is 0 Å². The van der Waals surface area contributed by atoms with Crippen molar-refractivity contribution in [1.82, 2.24) is 0 Å². The third-order valence-corrected chi connectivity index (χ3v) is 1.27. The first kappa shape index (κ1) is 15.7. The van der Waals surface area contributed by atoms with Crippen LogP contribution in [0.15, 0.2) is 18.2 Å². The summed E-state index contributed by atoms with van der Waals surface area (Å²) in [5.41, 5.74) is 1.18. The van der Waals surface area contributed by atoms with E-state index in [-0.39, 0.29) is 46.8 Å². The third kappa shape index (κ3) is 6.32. The maximum Gasteiger partial charge on any atom is 2.00 e. The minimum atomic E-state index is 0. The Balaban J connectivity index is 0. The molecule has 1 aromatic rings. The maximum absolute atomic E-state index is 5.13. The fourth-order valence-corrected chi connectivity index (χ4v) is 0.701. The topological polar surface area (TPSA) is 18.5 Å².